The summed E-state index contributed by atoms with van der Waals surface area (Å²) in [5, 5.41) is 16.3. The summed E-state index contributed by atoms with van der Waals surface area (Å²) in [5.41, 5.74) is 0.649. The Morgan fingerprint density at radius 1 is 1.05 bits per heavy atom. The molecular formula is C17H32N2O. The van der Waals surface area contributed by atoms with Crippen LogP contribution in [0, 0.1) is 23.2 Å². The van der Waals surface area contributed by atoms with E-state index in [-0.39, 0.29) is 12.6 Å². The Bertz CT molecular complexity index is 279. The van der Waals surface area contributed by atoms with E-state index < -0.39 is 0 Å². The van der Waals surface area contributed by atoms with Gasteiger partial charge in [0.25, 0.3) is 0 Å². The SMILES string of the molecule is CCC(CO)NCCNCC12CC3CC(CC(C3)C1)C2. The molecule has 0 amide bonds. The van der Waals surface area contributed by atoms with E-state index in [1.807, 2.05) is 0 Å². The quantitative estimate of drug-likeness (QED) is 0.597. The van der Waals surface area contributed by atoms with Crippen molar-refractivity contribution in [3.63, 3.8) is 0 Å². The Morgan fingerprint density at radius 2 is 1.65 bits per heavy atom. The van der Waals surface area contributed by atoms with E-state index in [0.29, 0.717) is 5.41 Å². The minimum atomic E-state index is 0.255. The van der Waals surface area contributed by atoms with Crippen molar-refractivity contribution in [3.8, 4) is 0 Å². The third-order valence-corrected chi connectivity index (χ3v) is 6.11. The monoisotopic (exact) mass is 280 g/mol. The summed E-state index contributed by atoms with van der Waals surface area (Å²) >= 11 is 0. The van der Waals surface area contributed by atoms with Gasteiger partial charge in [-0.15, -0.1) is 0 Å². The molecule has 20 heavy (non-hydrogen) atoms. The Morgan fingerprint density at radius 3 is 2.15 bits per heavy atom. The lowest BCUT2D eigenvalue weighted by Crippen LogP contribution is -2.51. The standard InChI is InChI=1S/C17H32N2O/c1-2-16(11-20)19-4-3-18-12-17-8-13-5-14(9-17)7-15(6-13)10-17/h13-16,18-20H,2-12H2,1H3. The van der Waals surface area contributed by atoms with Gasteiger partial charge in [0, 0.05) is 25.7 Å². The molecule has 3 heteroatoms. The zero-order chi connectivity index (χ0) is 14.0. The van der Waals surface area contributed by atoms with E-state index in [4.69, 9.17) is 5.11 Å². The molecule has 116 valence electrons. The largest absolute Gasteiger partial charge is 0.395 e. The molecule has 1 unspecified atom stereocenters. The molecule has 4 rings (SSSR count). The van der Waals surface area contributed by atoms with Crippen LogP contribution < -0.4 is 10.6 Å². The van der Waals surface area contributed by atoms with Crippen LogP contribution in [0.15, 0.2) is 0 Å². The second-order valence-corrected chi connectivity index (χ2v) is 7.84. The minimum absolute atomic E-state index is 0.255. The summed E-state index contributed by atoms with van der Waals surface area (Å²) in [7, 11) is 0. The first-order valence-electron chi connectivity index (χ1n) is 8.78. The average Bonchev–Trinajstić information content (AvgIpc) is 2.41. The maximum atomic E-state index is 9.15. The summed E-state index contributed by atoms with van der Waals surface area (Å²) < 4.78 is 0. The van der Waals surface area contributed by atoms with Gasteiger partial charge in [-0.3, -0.25) is 0 Å². The Kier molecular flexibility index (Phi) is 4.68. The van der Waals surface area contributed by atoms with Gasteiger partial charge < -0.3 is 15.7 Å². The summed E-state index contributed by atoms with van der Waals surface area (Å²) in [5.74, 6) is 3.17. The molecule has 3 nitrogen and oxygen atoms in total. The molecule has 4 saturated carbocycles. The van der Waals surface area contributed by atoms with Crippen LogP contribution in [0.4, 0.5) is 0 Å². The number of nitrogens with one attached hydrogen (secondary N) is 2. The molecule has 0 radical (unpaired) electrons. The van der Waals surface area contributed by atoms with Gasteiger partial charge in [-0.1, -0.05) is 6.92 Å². The molecule has 0 aliphatic heterocycles. The summed E-state index contributed by atoms with van der Waals surface area (Å²) in [4.78, 5) is 0. The van der Waals surface area contributed by atoms with E-state index in [1.165, 1.54) is 45.1 Å². The first kappa shape index (κ1) is 14.8. The number of aliphatic hydroxyl groups excluding tert-OH is 1. The van der Waals surface area contributed by atoms with Gasteiger partial charge in [0.15, 0.2) is 0 Å². The van der Waals surface area contributed by atoms with E-state index >= 15 is 0 Å². The molecule has 1 atom stereocenters. The molecule has 4 aliphatic rings. The van der Waals surface area contributed by atoms with Crippen molar-refractivity contribution < 1.29 is 5.11 Å². The molecule has 0 spiro atoms. The highest BCUT2D eigenvalue weighted by molar-refractivity contribution is 5.02. The van der Waals surface area contributed by atoms with Gasteiger partial charge in [0.1, 0.15) is 0 Å². The molecular weight excluding hydrogens is 248 g/mol. The van der Waals surface area contributed by atoms with Crippen LogP contribution in [-0.4, -0.2) is 37.4 Å². The number of hydrogen-bond acceptors (Lipinski definition) is 3. The van der Waals surface area contributed by atoms with Gasteiger partial charge in [0.05, 0.1) is 6.61 Å². The van der Waals surface area contributed by atoms with Crippen LogP contribution in [0.5, 0.6) is 0 Å². The highest BCUT2D eigenvalue weighted by atomic mass is 16.3. The molecule has 4 aliphatic carbocycles. The third kappa shape index (κ3) is 3.20. The van der Waals surface area contributed by atoms with Crippen molar-refractivity contribution in [2.75, 3.05) is 26.2 Å². The fraction of sp³-hybridized carbons (Fsp3) is 1.00. The van der Waals surface area contributed by atoms with Crippen LogP contribution in [0.1, 0.15) is 51.9 Å². The van der Waals surface area contributed by atoms with E-state index in [2.05, 4.69) is 17.6 Å². The van der Waals surface area contributed by atoms with Crippen LogP contribution in [-0.2, 0) is 0 Å². The van der Waals surface area contributed by atoms with E-state index in [0.717, 1.165) is 37.3 Å². The van der Waals surface area contributed by atoms with Gasteiger partial charge in [-0.05, 0) is 68.1 Å². The summed E-state index contributed by atoms with van der Waals surface area (Å²) in [6.07, 6.45) is 10.1. The van der Waals surface area contributed by atoms with Crippen LogP contribution >= 0.6 is 0 Å². The average molecular weight is 280 g/mol. The molecule has 0 heterocycles. The van der Waals surface area contributed by atoms with Crippen molar-refractivity contribution in [3.05, 3.63) is 0 Å². The first-order valence-corrected chi connectivity index (χ1v) is 8.78. The van der Waals surface area contributed by atoms with Gasteiger partial charge >= 0.3 is 0 Å². The van der Waals surface area contributed by atoms with Crippen molar-refractivity contribution in [2.45, 2.75) is 57.9 Å². The number of rotatable bonds is 8. The number of aliphatic hydroxyl groups is 1. The Hall–Kier alpha value is -0.120. The molecule has 0 saturated heterocycles. The summed E-state index contributed by atoms with van der Waals surface area (Å²) in [6, 6.07) is 0.274. The summed E-state index contributed by atoms with van der Waals surface area (Å²) in [6.45, 7) is 5.63. The topological polar surface area (TPSA) is 44.3 Å². The Balaban J connectivity index is 1.38. The minimum Gasteiger partial charge on any atom is -0.395 e. The lowest BCUT2D eigenvalue weighted by Gasteiger charge is -2.57. The van der Waals surface area contributed by atoms with Crippen molar-refractivity contribution in [1.82, 2.24) is 10.6 Å². The molecule has 0 aromatic carbocycles. The van der Waals surface area contributed by atoms with Crippen LogP contribution in [0.25, 0.3) is 0 Å². The van der Waals surface area contributed by atoms with E-state index in [1.54, 1.807) is 0 Å². The fourth-order valence-corrected chi connectivity index (χ4v) is 5.56. The van der Waals surface area contributed by atoms with Crippen LogP contribution in [0.3, 0.4) is 0 Å². The van der Waals surface area contributed by atoms with Crippen molar-refractivity contribution in [1.29, 1.82) is 0 Å². The molecule has 4 bridgehead atoms. The second kappa shape index (κ2) is 6.33. The third-order valence-electron chi connectivity index (χ3n) is 6.11. The lowest BCUT2D eigenvalue weighted by molar-refractivity contribution is -0.0511. The lowest BCUT2D eigenvalue weighted by atomic mass is 9.49. The van der Waals surface area contributed by atoms with Crippen molar-refractivity contribution in [2.24, 2.45) is 23.2 Å². The maximum absolute atomic E-state index is 9.15. The fourth-order valence-electron chi connectivity index (χ4n) is 5.56. The van der Waals surface area contributed by atoms with Gasteiger partial charge in [-0.2, -0.15) is 0 Å². The molecule has 0 aromatic rings. The first-order chi connectivity index (χ1) is 9.73. The maximum Gasteiger partial charge on any atom is 0.0584 e. The predicted molar refractivity (Wildman–Crippen MR) is 82.6 cm³/mol. The Labute approximate surface area is 123 Å². The highest BCUT2D eigenvalue weighted by Gasteiger charge is 2.50. The molecule has 3 N–H and O–H groups in total. The molecule has 4 fully saturated rings. The molecule has 0 aromatic heterocycles. The van der Waals surface area contributed by atoms with Gasteiger partial charge in [0.2, 0.25) is 0 Å². The zero-order valence-electron chi connectivity index (χ0n) is 13.0. The number of hydrogen-bond donors (Lipinski definition) is 3. The predicted octanol–water partition coefficient (Wildman–Crippen LogP) is 2.15. The van der Waals surface area contributed by atoms with Gasteiger partial charge in [-0.25, -0.2) is 0 Å². The van der Waals surface area contributed by atoms with Crippen LogP contribution in [0.2, 0.25) is 0 Å². The zero-order valence-corrected chi connectivity index (χ0v) is 13.0. The smallest absolute Gasteiger partial charge is 0.0584 e. The normalized spacial score (nSPS) is 40.2. The highest BCUT2D eigenvalue weighted by Crippen LogP contribution is 2.59. The van der Waals surface area contributed by atoms with Crippen molar-refractivity contribution >= 4 is 0 Å². The second-order valence-electron chi connectivity index (χ2n) is 7.84. The van der Waals surface area contributed by atoms with E-state index in [9.17, 15) is 0 Å².